The molecule has 0 aliphatic heterocycles. The highest BCUT2D eigenvalue weighted by Gasteiger charge is 2.26. The molecule has 2 rings (SSSR count). The van der Waals surface area contributed by atoms with E-state index in [9.17, 15) is 4.39 Å². The molecule has 4 heteroatoms. The highest BCUT2D eigenvalue weighted by Crippen LogP contribution is 2.38. The molecular weight excluding hydrogens is 280 g/mol. The van der Waals surface area contributed by atoms with E-state index in [1.807, 2.05) is 0 Å². The Morgan fingerprint density at radius 1 is 1.40 bits per heavy atom. The van der Waals surface area contributed by atoms with Crippen LogP contribution in [0.4, 0.5) is 4.39 Å². The Balaban J connectivity index is 0.00000112. The van der Waals surface area contributed by atoms with Crippen molar-refractivity contribution in [3.05, 3.63) is 34.1 Å². The van der Waals surface area contributed by atoms with Gasteiger partial charge in [0.25, 0.3) is 0 Å². The molecule has 2 N–H and O–H groups in total. The van der Waals surface area contributed by atoms with E-state index >= 15 is 0 Å². The fourth-order valence-corrected chi connectivity index (χ4v) is 2.44. The van der Waals surface area contributed by atoms with Crippen LogP contribution in [0.25, 0.3) is 0 Å². The summed E-state index contributed by atoms with van der Waals surface area (Å²) in [7, 11) is 0. The number of benzene rings is 1. The lowest BCUT2D eigenvalue weighted by molar-refractivity contribution is 0.264. The highest BCUT2D eigenvalue weighted by molar-refractivity contribution is 9.10. The van der Waals surface area contributed by atoms with Crippen molar-refractivity contribution in [3.63, 3.8) is 0 Å². The molecule has 1 aliphatic rings. The van der Waals surface area contributed by atoms with E-state index in [1.165, 1.54) is 31.4 Å². The number of halogens is 3. The average molecular weight is 295 g/mol. The maximum Gasteiger partial charge on any atom is 0.124 e. The van der Waals surface area contributed by atoms with Crippen LogP contribution in [0.2, 0.25) is 0 Å². The average Bonchev–Trinajstić information content (AvgIpc) is 2.00. The Hall–Kier alpha value is -0.120. The second kappa shape index (κ2) is 5.28. The molecule has 1 aromatic rings. The zero-order valence-corrected chi connectivity index (χ0v) is 10.7. The molecule has 0 heterocycles. The lowest BCUT2D eigenvalue weighted by atomic mass is 9.77. The minimum Gasteiger partial charge on any atom is -0.324 e. The molecule has 0 bridgehead atoms. The van der Waals surface area contributed by atoms with E-state index in [2.05, 4.69) is 15.9 Å². The van der Waals surface area contributed by atoms with Crippen molar-refractivity contribution >= 4 is 28.3 Å². The summed E-state index contributed by atoms with van der Waals surface area (Å²) >= 11 is 3.35. The Labute approximate surface area is 104 Å². The summed E-state index contributed by atoms with van der Waals surface area (Å²) in [6.45, 7) is 0. The second-order valence-corrected chi connectivity index (χ2v) is 4.74. The van der Waals surface area contributed by atoms with Gasteiger partial charge < -0.3 is 5.73 Å². The van der Waals surface area contributed by atoms with E-state index in [4.69, 9.17) is 5.73 Å². The molecule has 1 aliphatic carbocycles. The lowest BCUT2D eigenvalue weighted by Crippen LogP contribution is -2.27. The van der Waals surface area contributed by atoms with Gasteiger partial charge in [0.05, 0.1) is 0 Å². The zero-order valence-electron chi connectivity index (χ0n) is 8.25. The Morgan fingerprint density at radius 3 is 2.53 bits per heavy atom. The molecule has 0 aromatic heterocycles. The molecule has 0 saturated heterocycles. The third-order valence-electron chi connectivity index (χ3n) is 2.98. The third-order valence-corrected chi connectivity index (χ3v) is 3.67. The monoisotopic (exact) mass is 293 g/mol. The van der Waals surface area contributed by atoms with Crippen LogP contribution in [0.15, 0.2) is 22.7 Å². The van der Waals surface area contributed by atoms with Gasteiger partial charge in [0, 0.05) is 10.5 Å². The lowest BCUT2D eigenvalue weighted by Gasteiger charge is -2.31. The first-order valence-corrected chi connectivity index (χ1v) is 5.68. The van der Waals surface area contributed by atoms with Crippen molar-refractivity contribution < 1.29 is 4.39 Å². The second-order valence-electron chi connectivity index (χ2n) is 3.88. The molecule has 84 valence electrons. The van der Waals surface area contributed by atoms with Gasteiger partial charge in [-0.1, -0.05) is 28.4 Å². The quantitative estimate of drug-likeness (QED) is 0.882. The topological polar surface area (TPSA) is 26.0 Å². The normalized spacial score (nSPS) is 17.8. The third kappa shape index (κ3) is 2.71. The molecule has 0 unspecified atom stereocenters. The van der Waals surface area contributed by atoms with E-state index in [0.29, 0.717) is 5.92 Å². The van der Waals surface area contributed by atoms with Gasteiger partial charge in [-0.05, 0) is 36.5 Å². The fourth-order valence-electron chi connectivity index (χ4n) is 1.82. The Kier molecular flexibility index (Phi) is 4.56. The summed E-state index contributed by atoms with van der Waals surface area (Å²) in [5.74, 6) is 0.359. The summed E-state index contributed by atoms with van der Waals surface area (Å²) < 4.78 is 13.6. The standard InChI is InChI=1S/C11H13BrFN.ClH/c12-10-6-8(13)4-5-9(10)11(14)7-2-1-3-7;/h4-7,11H,1-3,14H2;1H/t11-;/m1./s1. The molecular formula is C11H14BrClFN. The smallest absolute Gasteiger partial charge is 0.124 e. The number of hydrogen-bond donors (Lipinski definition) is 1. The van der Waals surface area contributed by atoms with Crippen LogP contribution in [0.1, 0.15) is 30.9 Å². The molecule has 0 radical (unpaired) electrons. The van der Waals surface area contributed by atoms with Crippen LogP contribution in [0.3, 0.4) is 0 Å². The van der Waals surface area contributed by atoms with Gasteiger partial charge >= 0.3 is 0 Å². The molecule has 1 fully saturated rings. The highest BCUT2D eigenvalue weighted by atomic mass is 79.9. The zero-order chi connectivity index (χ0) is 10.1. The van der Waals surface area contributed by atoms with Crippen LogP contribution >= 0.6 is 28.3 Å². The molecule has 1 aromatic carbocycles. The van der Waals surface area contributed by atoms with Crippen LogP contribution in [0.5, 0.6) is 0 Å². The van der Waals surface area contributed by atoms with Crippen molar-refractivity contribution in [3.8, 4) is 0 Å². The van der Waals surface area contributed by atoms with Gasteiger partial charge in [-0.15, -0.1) is 12.4 Å². The summed E-state index contributed by atoms with van der Waals surface area (Å²) in [4.78, 5) is 0. The van der Waals surface area contributed by atoms with Crippen molar-refractivity contribution in [1.82, 2.24) is 0 Å². The molecule has 1 saturated carbocycles. The van der Waals surface area contributed by atoms with Crippen molar-refractivity contribution in [2.24, 2.45) is 11.7 Å². The Morgan fingerprint density at radius 2 is 2.07 bits per heavy atom. The summed E-state index contributed by atoms with van der Waals surface area (Å²) in [6, 6.07) is 4.79. The SMILES string of the molecule is Cl.N[C@@H](c1ccc(F)cc1Br)C1CCC1. The Bertz CT molecular complexity index is 341. The van der Waals surface area contributed by atoms with Gasteiger partial charge in [-0.25, -0.2) is 4.39 Å². The summed E-state index contributed by atoms with van der Waals surface area (Å²) in [6.07, 6.45) is 3.67. The molecule has 0 spiro atoms. The number of nitrogens with two attached hydrogens (primary N) is 1. The van der Waals surface area contributed by atoms with E-state index in [0.717, 1.165) is 10.0 Å². The van der Waals surface area contributed by atoms with E-state index < -0.39 is 0 Å². The predicted octanol–water partition coefficient (Wildman–Crippen LogP) is 3.81. The number of rotatable bonds is 2. The van der Waals surface area contributed by atoms with Crippen LogP contribution in [-0.4, -0.2) is 0 Å². The summed E-state index contributed by atoms with van der Waals surface area (Å²) in [5, 5.41) is 0. The maximum atomic E-state index is 12.8. The van der Waals surface area contributed by atoms with E-state index in [-0.39, 0.29) is 24.3 Å². The first-order valence-electron chi connectivity index (χ1n) is 4.89. The van der Waals surface area contributed by atoms with Crippen molar-refractivity contribution in [2.45, 2.75) is 25.3 Å². The molecule has 15 heavy (non-hydrogen) atoms. The van der Waals surface area contributed by atoms with E-state index in [1.54, 1.807) is 6.07 Å². The van der Waals surface area contributed by atoms with Gasteiger partial charge in [-0.3, -0.25) is 0 Å². The summed E-state index contributed by atoms with van der Waals surface area (Å²) in [5.41, 5.74) is 7.12. The molecule has 1 nitrogen and oxygen atoms in total. The minimum atomic E-state index is -0.221. The van der Waals surface area contributed by atoms with Crippen molar-refractivity contribution in [1.29, 1.82) is 0 Å². The minimum absolute atomic E-state index is 0. The molecule has 1 atom stereocenters. The van der Waals surface area contributed by atoms with Gasteiger partial charge in [0.15, 0.2) is 0 Å². The largest absolute Gasteiger partial charge is 0.324 e. The van der Waals surface area contributed by atoms with Gasteiger partial charge in [0.2, 0.25) is 0 Å². The molecule has 0 amide bonds. The first-order chi connectivity index (χ1) is 6.68. The van der Waals surface area contributed by atoms with Crippen LogP contribution in [0, 0.1) is 11.7 Å². The van der Waals surface area contributed by atoms with Crippen molar-refractivity contribution in [2.75, 3.05) is 0 Å². The first kappa shape index (κ1) is 12.9. The van der Waals surface area contributed by atoms with Crippen LogP contribution in [-0.2, 0) is 0 Å². The fraction of sp³-hybridized carbons (Fsp3) is 0.455. The van der Waals surface area contributed by atoms with Crippen LogP contribution < -0.4 is 5.73 Å². The number of hydrogen-bond acceptors (Lipinski definition) is 1. The predicted molar refractivity (Wildman–Crippen MR) is 65.6 cm³/mol. The van der Waals surface area contributed by atoms with Gasteiger partial charge in [0.1, 0.15) is 5.82 Å². The van der Waals surface area contributed by atoms with Gasteiger partial charge in [-0.2, -0.15) is 0 Å². The maximum absolute atomic E-state index is 12.8.